The van der Waals surface area contributed by atoms with Gasteiger partial charge in [-0.05, 0) is 5.41 Å². The van der Waals surface area contributed by atoms with Gasteiger partial charge in [-0.15, -0.1) is 23.1 Å². The largest absolute Gasteiger partial charge is 0.459 e. The Morgan fingerprint density at radius 1 is 1.52 bits per heavy atom. The maximum Gasteiger partial charge on any atom is 0.333 e. The van der Waals surface area contributed by atoms with E-state index < -0.39 is 18.1 Å². The predicted molar refractivity (Wildman–Crippen MR) is 83.2 cm³/mol. The van der Waals surface area contributed by atoms with Crippen LogP contribution < -0.4 is 11.1 Å². The number of cyclic esters (lactones) is 1. The lowest BCUT2D eigenvalue weighted by Gasteiger charge is -2.50. The van der Waals surface area contributed by atoms with E-state index in [-0.39, 0.29) is 30.2 Å². The third-order valence-electron chi connectivity index (χ3n) is 3.90. The Kier molecular flexibility index (Phi) is 3.31. The van der Waals surface area contributed by atoms with Crippen molar-refractivity contribution in [2.24, 2.45) is 0 Å². The number of nitrogen functional groups attached to an aromatic ring is 1. The minimum atomic E-state index is -0.630. The number of hydrogen-bond acceptors (Lipinski definition) is 8. The van der Waals surface area contributed by atoms with Gasteiger partial charge in [0.15, 0.2) is 11.2 Å². The van der Waals surface area contributed by atoms with Crippen LogP contribution in [0.2, 0.25) is 0 Å². The van der Waals surface area contributed by atoms with Crippen LogP contribution in [0.15, 0.2) is 16.4 Å². The van der Waals surface area contributed by atoms with E-state index in [1.807, 2.05) is 5.41 Å². The Bertz CT molecular complexity index is 746. The number of ether oxygens (including phenoxy) is 1. The Balaban J connectivity index is 1.43. The molecule has 8 nitrogen and oxygen atoms in total. The number of fused-ring (bicyclic) bond motifs is 3. The summed E-state index contributed by atoms with van der Waals surface area (Å²) in [6.45, 7) is 0.231. The molecule has 2 amide bonds. The third kappa shape index (κ3) is 2.29. The smallest absolute Gasteiger partial charge is 0.333 e. The molecule has 0 spiro atoms. The molecule has 4 heterocycles. The molecule has 3 aliphatic heterocycles. The lowest BCUT2D eigenvalue weighted by atomic mass is 9.99. The summed E-state index contributed by atoms with van der Waals surface area (Å²) in [7, 11) is 0. The molecular formula is C13H12N4O4S2. The van der Waals surface area contributed by atoms with Crippen molar-refractivity contribution >= 4 is 46.0 Å². The number of rotatable bonds is 3. The van der Waals surface area contributed by atoms with Crippen molar-refractivity contribution in [1.29, 1.82) is 0 Å². The molecule has 4 rings (SSSR count). The molecule has 1 aromatic heterocycles. The molecule has 120 valence electrons. The van der Waals surface area contributed by atoms with Crippen molar-refractivity contribution in [3.05, 3.63) is 22.1 Å². The summed E-state index contributed by atoms with van der Waals surface area (Å²) in [5, 5.41) is 6.40. The number of β-lactam (4-membered cyclic amide) rings is 1. The van der Waals surface area contributed by atoms with Crippen LogP contribution in [0, 0.1) is 0 Å². The molecule has 3 aliphatic rings. The van der Waals surface area contributed by atoms with Crippen molar-refractivity contribution in [3.63, 3.8) is 0 Å². The quantitative estimate of drug-likeness (QED) is 0.555. The van der Waals surface area contributed by atoms with Crippen molar-refractivity contribution in [2.75, 3.05) is 12.3 Å². The molecule has 10 heteroatoms. The number of nitrogens with one attached hydrogen (secondary N) is 1. The lowest BCUT2D eigenvalue weighted by Crippen LogP contribution is -2.73. The van der Waals surface area contributed by atoms with E-state index in [2.05, 4.69) is 10.3 Å². The second-order valence-electron chi connectivity index (χ2n) is 5.37. The molecule has 0 aromatic carbocycles. The first-order chi connectivity index (χ1) is 11.0. The van der Waals surface area contributed by atoms with Gasteiger partial charge in [-0.25, -0.2) is 9.78 Å². The Hall–Kier alpha value is -2.07. The molecule has 3 atom stereocenters. The number of aromatic nitrogens is 1. The molecule has 2 saturated heterocycles. The summed E-state index contributed by atoms with van der Waals surface area (Å²) in [4.78, 5) is 41.6. The molecule has 23 heavy (non-hydrogen) atoms. The second kappa shape index (κ2) is 5.24. The molecule has 2 unspecified atom stereocenters. The second-order valence-corrected chi connectivity index (χ2v) is 7.25. The Morgan fingerprint density at radius 2 is 2.35 bits per heavy atom. The number of anilines is 1. The predicted octanol–water partition coefficient (Wildman–Crippen LogP) is -0.523. The summed E-state index contributed by atoms with van der Waals surface area (Å²) in [5.41, 5.74) is 6.90. The van der Waals surface area contributed by atoms with E-state index in [0.717, 1.165) is 5.57 Å². The van der Waals surface area contributed by atoms with Gasteiger partial charge in [0.2, 0.25) is 11.8 Å². The first kappa shape index (κ1) is 14.5. The zero-order chi connectivity index (χ0) is 16.1. The standard InChI is InChI=1S/C13H12N4O4S2/c14-13-15-6(4-23-13)1-7(18)16-8-10(19)17-9-5(2-21-12(9)20)3-22-11(8)17/h3-4,8-9,11H,1-2H2,(H2,14,15)(H,16,18)/t8-,9?,11?/m1/s1. The summed E-state index contributed by atoms with van der Waals surface area (Å²) in [5.74, 6) is -0.960. The van der Waals surface area contributed by atoms with Crippen molar-refractivity contribution in [3.8, 4) is 0 Å². The Morgan fingerprint density at radius 3 is 3.09 bits per heavy atom. The van der Waals surface area contributed by atoms with Crippen LogP contribution in [0.5, 0.6) is 0 Å². The van der Waals surface area contributed by atoms with Crippen LogP contribution in [0.3, 0.4) is 0 Å². The fourth-order valence-corrected chi connectivity index (χ4v) is 4.61. The van der Waals surface area contributed by atoms with Crippen molar-refractivity contribution in [2.45, 2.75) is 23.9 Å². The van der Waals surface area contributed by atoms with Gasteiger partial charge < -0.3 is 20.7 Å². The summed E-state index contributed by atoms with van der Waals surface area (Å²) >= 11 is 2.68. The molecule has 3 N–H and O–H groups in total. The topological polar surface area (TPSA) is 115 Å². The van der Waals surface area contributed by atoms with Gasteiger partial charge in [-0.2, -0.15) is 0 Å². The van der Waals surface area contributed by atoms with Crippen LogP contribution in [0.25, 0.3) is 0 Å². The van der Waals surface area contributed by atoms with Gasteiger partial charge in [0.05, 0.1) is 12.1 Å². The zero-order valence-corrected chi connectivity index (χ0v) is 13.4. The number of thiazole rings is 1. The number of esters is 1. The number of thioether (sulfide) groups is 1. The highest BCUT2D eigenvalue weighted by Gasteiger charge is 2.57. The highest BCUT2D eigenvalue weighted by molar-refractivity contribution is 8.03. The first-order valence-corrected chi connectivity index (χ1v) is 8.69. The summed E-state index contributed by atoms with van der Waals surface area (Å²) in [6.07, 6.45) is 0.0709. The maximum atomic E-state index is 12.3. The number of amides is 2. The van der Waals surface area contributed by atoms with Gasteiger partial charge in [0, 0.05) is 11.0 Å². The van der Waals surface area contributed by atoms with Crippen molar-refractivity contribution in [1.82, 2.24) is 15.2 Å². The third-order valence-corrected chi connectivity index (χ3v) is 5.84. The van der Waals surface area contributed by atoms with Crippen LogP contribution in [0.4, 0.5) is 5.13 Å². The number of hydrogen-bond donors (Lipinski definition) is 2. The van der Waals surface area contributed by atoms with E-state index >= 15 is 0 Å². The van der Waals surface area contributed by atoms with Crippen LogP contribution >= 0.6 is 23.1 Å². The van der Waals surface area contributed by atoms with Crippen LogP contribution in [-0.4, -0.2) is 51.7 Å². The zero-order valence-electron chi connectivity index (χ0n) is 11.7. The molecule has 0 radical (unpaired) electrons. The molecule has 1 aromatic rings. The molecule has 2 fully saturated rings. The van der Waals surface area contributed by atoms with Gasteiger partial charge in [-0.3, -0.25) is 9.59 Å². The van der Waals surface area contributed by atoms with Gasteiger partial charge in [-0.1, -0.05) is 0 Å². The fourth-order valence-electron chi connectivity index (χ4n) is 2.84. The van der Waals surface area contributed by atoms with Crippen LogP contribution in [0.1, 0.15) is 5.69 Å². The van der Waals surface area contributed by atoms with E-state index in [4.69, 9.17) is 10.5 Å². The van der Waals surface area contributed by atoms with Gasteiger partial charge >= 0.3 is 5.97 Å². The summed E-state index contributed by atoms with van der Waals surface area (Å²) in [6, 6.07) is -1.25. The summed E-state index contributed by atoms with van der Waals surface area (Å²) < 4.78 is 4.98. The van der Waals surface area contributed by atoms with E-state index in [0.29, 0.717) is 10.8 Å². The Labute approximate surface area is 139 Å². The maximum absolute atomic E-state index is 12.3. The number of nitrogens with two attached hydrogens (primary N) is 1. The monoisotopic (exact) mass is 352 g/mol. The fraction of sp³-hybridized carbons (Fsp3) is 0.385. The van der Waals surface area contributed by atoms with Gasteiger partial charge in [0.1, 0.15) is 18.0 Å². The first-order valence-electron chi connectivity index (χ1n) is 6.87. The van der Waals surface area contributed by atoms with Crippen LogP contribution in [-0.2, 0) is 25.5 Å². The normalized spacial score (nSPS) is 28.4. The minimum absolute atomic E-state index is 0.0709. The van der Waals surface area contributed by atoms with E-state index in [9.17, 15) is 14.4 Å². The highest BCUT2D eigenvalue weighted by Crippen LogP contribution is 2.42. The SMILES string of the molecule is Nc1nc(CC(=O)N[C@@H]2C(=O)N3C4C(=O)OCC4=CSC23)cs1. The molecule has 0 bridgehead atoms. The van der Waals surface area contributed by atoms with E-state index in [1.54, 1.807) is 5.38 Å². The lowest BCUT2D eigenvalue weighted by molar-refractivity contribution is -0.158. The number of carbonyl (C=O) groups is 3. The highest BCUT2D eigenvalue weighted by atomic mass is 32.2. The molecular weight excluding hydrogens is 340 g/mol. The average Bonchev–Trinajstić information content (AvgIpc) is 3.10. The van der Waals surface area contributed by atoms with Crippen molar-refractivity contribution < 1.29 is 19.1 Å². The minimum Gasteiger partial charge on any atom is -0.459 e. The number of carbonyl (C=O) groups excluding carboxylic acids is 3. The average molecular weight is 352 g/mol. The van der Waals surface area contributed by atoms with E-state index in [1.165, 1.54) is 28.0 Å². The van der Waals surface area contributed by atoms with Gasteiger partial charge in [0.25, 0.3) is 0 Å². The molecule has 0 saturated carbocycles. The number of nitrogens with zero attached hydrogens (tertiary/aromatic N) is 2. The molecule has 0 aliphatic carbocycles.